The van der Waals surface area contributed by atoms with Gasteiger partial charge in [0.25, 0.3) is 10.0 Å². The summed E-state index contributed by atoms with van der Waals surface area (Å²) in [5.41, 5.74) is 4.47. The Balaban J connectivity index is 1.17. The number of fused-ring (bicyclic) bond motifs is 1. The molecule has 7 nitrogen and oxygen atoms in total. The van der Waals surface area contributed by atoms with Gasteiger partial charge in [-0.2, -0.15) is 0 Å². The Kier molecular flexibility index (Phi) is 11.7. The highest BCUT2D eigenvalue weighted by atomic mass is 35.5. The fraction of sp³-hybridized carbons (Fsp3) is 0.500. The molecule has 0 radical (unpaired) electrons. The molecule has 0 aliphatic carbocycles. The number of aryl methyl sites for hydroxylation is 4. The molecule has 2 aromatic carbocycles. The van der Waals surface area contributed by atoms with Gasteiger partial charge in [0, 0.05) is 5.69 Å². The largest absolute Gasteiger partial charge is 0.294 e. The lowest BCUT2D eigenvalue weighted by molar-refractivity contribution is 0.556. The van der Waals surface area contributed by atoms with E-state index in [1.807, 2.05) is 43.3 Å². The fourth-order valence-electron chi connectivity index (χ4n) is 5.20. The number of nitrogens with one attached hydrogen (secondary N) is 2. The van der Waals surface area contributed by atoms with E-state index >= 15 is 0 Å². The molecule has 0 bridgehead atoms. The van der Waals surface area contributed by atoms with Crippen molar-refractivity contribution in [1.29, 1.82) is 0 Å². The molecule has 4 rings (SSSR count). The molecular formula is C32H44ClN5O2S. The van der Waals surface area contributed by atoms with Crippen LogP contribution in [0.2, 0.25) is 5.02 Å². The van der Waals surface area contributed by atoms with E-state index in [0.717, 1.165) is 49.2 Å². The number of anilines is 1. The third-order valence-corrected chi connectivity index (χ3v) is 9.48. The zero-order chi connectivity index (χ0) is 29.1. The summed E-state index contributed by atoms with van der Waals surface area (Å²) in [6, 6.07) is 14.9. The number of nitrogens with zero attached hydrogens (tertiary/aromatic N) is 3. The number of aromatic nitrogens is 4. The van der Waals surface area contributed by atoms with Gasteiger partial charge < -0.3 is 0 Å². The van der Waals surface area contributed by atoms with E-state index in [4.69, 9.17) is 11.6 Å². The Morgan fingerprint density at radius 2 is 1.32 bits per heavy atom. The summed E-state index contributed by atoms with van der Waals surface area (Å²) in [6.45, 7) is 4.13. The predicted molar refractivity (Wildman–Crippen MR) is 168 cm³/mol. The van der Waals surface area contributed by atoms with Crippen molar-refractivity contribution >= 4 is 33.0 Å². The topological polar surface area (TPSA) is 92.2 Å². The minimum absolute atomic E-state index is 0.285. The first-order valence-electron chi connectivity index (χ1n) is 15.2. The average molecular weight is 598 g/mol. The van der Waals surface area contributed by atoms with Crippen LogP contribution < -0.4 is 4.72 Å². The third-order valence-electron chi connectivity index (χ3n) is 7.68. The first kappa shape index (κ1) is 31.1. The molecule has 0 unspecified atom stereocenters. The number of unbranched alkanes of at least 4 members (excludes halogenated alkanes) is 9. The molecule has 0 spiro atoms. The Bertz CT molecular complexity index is 1460. The van der Waals surface area contributed by atoms with Gasteiger partial charge in [0.15, 0.2) is 5.65 Å². The molecule has 2 aromatic heterocycles. The second-order valence-electron chi connectivity index (χ2n) is 11.0. The van der Waals surface area contributed by atoms with Gasteiger partial charge in [-0.25, -0.2) is 12.9 Å². The Morgan fingerprint density at radius 1 is 0.756 bits per heavy atom. The van der Waals surface area contributed by atoms with E-state index in [0.29, 0.717) is 16.4 Å². The van der Waals surface area contributed by atoms with Crippen molar-refractivity contribution in [3.05, 3.63) is 76.2 Å². The Morgan fingerprint density at radius 3 is 1.93 bits per heavy atom. The van der Waals surface area contributed by atoms with Crippen LogP contribution in [-0.2, 0) is 29.3 Å². The van der Waals surface area contributed by atoms with Crippen molar-refractivity contribution in [3.8, 4) is 0 Å². The van der Waals surface area contributed by atoms with Gasteiger partial charge in [-0.15, -0.1) is 10.2 Å². The van der Waals surface area contributed by atoms with Crippen molar-refractivity contribution in [3.63, 3.8) is 0 Å². The lowest BCUT2D eigenvalue weighted by atomic mass is 10.0. The molecule has 0 saturated carbocycles. The van der Waals surface area contributed by atoms with Crippen molar-refractivity contribution in [2.45, 2.75) is 109 Å². The summed E-state index contributed by atoms with van der Waals surface area (Å²) in [5, 5.41) is 12.0. The van der Waals surface area contributed by atoms with Gasteiger partial charge in [-0.3, -0.25) is 9.82 Å². The van der Waals surface area contributed by atoms with Crippen LogP contribution in [0, 0.1) is 6.92 Å². The lowest BCUT2D eigenvalue weighted by Crippen LogP contribution is -2.13. The van der Waals surface area contributed by atoms with Crippen LogP contribution in [0.15, 0.2) is 53.4 Å². The first-order valence-corrected chi connectivity index (χ1v) is 17.0. The Labute approximate surface area is 250 Å². The van der Waals surface area contributed by atoms with Crippen LogP contribution >= 0.6 is 11.6 Å². The second-order valence-corrected chi connectivity index (χ2v) is 13.1. The second kappa shape index (κ2) is 15.4. The zero-order valence-corrected chi connectivity index (χ0v) is 26.0. The van der Waals surface area contributed by atoms with Crippen molar-refractivity contribution in [2.75, 3.05) is 4.72 Å². The van der Waals surface area contributed by atoms with E-state index in [2.05, 4.69) is 26.9 Å². The predicted octanol–water partition coefficient (Wildman–Crippen LogP) is 8.46. The highest BCUT2D eigenvalue weighted by Gasteiger charge is 2.15. The maximum absolute atomic E-state index is 12.9. The van der Waals surface area contributed by atoms with E-state index in [-0.39, 0.29) is 4.90 Å². The number of halogens is 1. The standard InChI is InChI=1S/C32H44ClN5O2S/c1-3-4-5-6-7-8-9-10-11-12-14-26-19-23-29(24-20-26)41(39,40)37-28-21-17-27(18-22-28)15-13-16-30-31(33)32-35-34-25(2)38(32)36-30/h17-24,36-37H,3-16H2,1-2H3. The molecular weight excluding hydrogens is 554 g/mol. The number of aromatic amines is 1. The van der Waals surface area contributed by atoms with E-state index < -0.39 is 10.0 Å². The van der Waals surface area contributed by atoms with Crippen LogP contribution in [0.1, 0.15) is 100 Å². The van der Waals surface area contributed by atoms with E-state index in [9.17, 15) is 8.42 Å². The summed E-state index contributed by atoms with van der Waals surface area (Å²) in [4.78, 5) is 0.285. The van der Waals surface area contributed by atoms with Crippen LogP contribution in [-0.4, -0.2) is 28.2 Å². The number of H-pyrrole nitrogens is 1. The normalized spacial score (nSPS) is 11.9. The summed E-state index contributed by atoms with van der Waals surface area (Å²) in [7, 11) is -3.64. The summed E-state index contributed by atoms with van der Waals surface area (Å²) in [5.74, 6) is 0.770. The zero-order valence-electron chi connectivity index (χ0n) is 24.5. The van der Waals surface area contributed by atoms with Crippen LogP contribution in [0.4, 0.5) is 5.69 Å². The molecule has 2 heterocycles. The minimum atomic E-state index is -3.64. The van der Waals surface area contributed by atoms with Gasteiger partial charge in [0.05, 0.1) is 10.6 Å². The van der Waals surface area contributed by atoms with Gasteiger partial charge in [-0.05, 0) is 74.4 Å². The molecule has 0 atom stereocenters. The van der Waals surface area contributed by atoms with Crippen LogP contribution in [0.5, 0.6) is 0 Å². The summed E-state index contributed by atoms with van der Waals surface area (Å²) in [6.07, 6.45) is 16.7. The van der Waals surface area contributed by atoms with Gasteiger partial charge in [-0.1, -0.05) is 101 Å². The highest BCUT2D eigenvalue weighted by Crippen LogP contribution is 2.23. The maximum atomic E-state index is 12.9. The number of hydrogen-bond donors (Lipinski definition) is 2. The smallest absolute Gasteiger partial charge is 0.261 e. The number of benzene rings is 2. The first-order chi connectivity index (χ1) is 19.9. The lowest BCUT2D eigenvalue weighted by Gasteiger charge is -2.10. The minimum Gasteiger partial charge on any atom is -0.294 e. The van der Waals surface area contributed by atoms with Crippen molar-refractivity contribution < 1.29 is 8.42 Å². The molecule has 0 aliphatic rings. The monoisotopic (exact) mass is 597 g/mol. The number of sulfonamides is 1. The quantitative estimate of drug-likeness (QED) is 0.113. The maximum Gasteiger partial charge on any atom is 0.261 e. The summed E-state index contributed by atoms with van der Waals surface area (Å²) < 4.78 is 30.4. The number of hydrogen-bond acceptors (Lipinski definition) is 4. The molecule has 41 heavy (non-hydrogen) atoms. The molecule has 0 saturated heterocycles. The van der Waals surface area contributed by atoms with Crippen LogP contribution in [0.25, 0.3) is 5.65 Å². The molecule has 0 amide bonds. The fourth-order valence-corrected chi connectivity index (χ4v) is 6.52. The molecule has 4 aromatic rings. The molecule has 2 N–H and O–H groups in total. The molecule has 0 fully saturated rings. The van der Waals surface area contributed by atoms with Crippen LogP contribution in [0.3, 0.4) is 0 Å². The van der Waals surface area contributed by atoms with Gasteiger partial charge >= 0.3 is 0 Å². The van der Waals surface area contributed by atoms with E-state index in [1.54, 1.807) is 16.6 Å². The third kappa shape index (κ3) is 9.07. The van der Waals surface area contributed by atoms with Gasteiger partial charge in [0.2, 0.25) is 0 Å². The van der Waals surface area contributed by atoms with E-state index in [1.165, 1.54) is 63.4 Å². The summed E-state index contributed by atoms with van der Waals surface area (Å²) >= 11 is 6.43. The van der Waals surface area contributed by atoms with Crippen molar-refractivity contribution in [2.24, 2.45) is 0 Å². The highest BCUT2D eigenvalue weighted by molar-refractivity contribution is 7.92. The van der Waals surface area contributed by atoms with Crippen molar-refractivity contribution in [1.82, 2.24) is 19.8 Å². The van der Waals surface area contributed by atoms with Gasteiger partial charge in [0.1, 0.15) is 10.8 Å². The molecule has 0 aliphatic heterocycles. The SMILES string of the molecule is CCCCCCCCCCCCc1ccc(S(=O)(=O)Nc2ccc(CCCc3[nH]n4c(C)nnc4c3Cl)cc2)cc1. The molecule has 9 heteroatoms. The Hall–Kier alpha value is -2.84. The average Bonchev–Trinajstić information content (AvgIpc) is 3.49. The molecule has 222 valence electrons. The number of rotatable bonds is 18.